The second-order valence-corrected chi connectivity index (χ2v) is 13.0. The highest BCUT2D eigenvalue weighted by Crippen LogP contribution is 2.64. The number of nitrogens with zero attached hydrogens (tertiary/aromatic N) is 2. The minimum atomic E-state index is -0.331. The van der Waals surface area contributed by atoms with Crippen molar-refractivity contribution >= 4 is 45.0 Å². The molecule has 6 rings (SSSR count). The van der Waals surface area contributed by atoms with E-state index in [1.807, 2.05) is 52.0 Å². The lowest BCUT2D eigenvalue weighted by Gasteiger charge is -2.29. The molecule has 5 unspecified atom stereocenters. The maximum atomic E-state index is 13.1. The molecule has 0 spiro atoms. The molecule has 3 aliphatic rings. The molecule has 8 heteroatoms. The smallest absolute Gasteiger partial charge is 0.234 e. The van der Waals surface area contributed by atoms with Gasteiger partial charge in [-0.05, 0) is 68.9 Å². The van der Waals surface area contributed by atoms with E-state index in [9.17, 15) is 9.59 Å². The van der Waals surface area contributed by atoms with Crippen molar-refractivity contribution in [3.05, 3.63) is 45.9 Å². The van der Waals surface area contributed by atoms with E-state index in [0.29, 0.717) is 11.1 Å². The minimum Gasteiger partial charge on any atom is -0.488 e. The van der Waals surface area contributed by atoms with Gasteiger partial charge in [0.25, 0.3) is 0 Å². The molecule has 37 heavy (non-hydrogen) atoms. The molecule has 3 aromatic rings. The summed E-state index contributed by atoms with van der Waals surface area (Å²) in [7, 11) is 0. The molecule has 5 atom stereocenters. The SMILES string of the molecule is Cc1cc(Cl)cc(-c2ccnc3cc(C(C)N4C(=O)C5C(C4=O)C5(C)C)sc23)c1OC1CCC(C)NC1. The summed E-state index contributed by atoms with van der Waals surface area (Å²) >= 11 is 8.12. The number of pyridine rings is 1. The number of rotatable bonds is 5. The highest BCUT2D eigenvalue weighted by molar-refractivity contribution is 7.19. The Balaban J connectivity index is 1.37. The zero-order valence-electron chi connectivity index (χ0n) is 21.8. The second kappa shape index (κ2) is 8.79. The van der Waals surface area contributed by atoms with Crippen molar-refractivity contribution in [1.82, 2.24) is 15.2 Å². The van der Waals surface area contributed by atoms with Crippen molar-refractivity contribution in [1.29, 1.82) is 0 Å². The molecule has 2 aromatic heterocycles. The monoisotopic (exact) mass is 537 g/mol. The van der Waals surface area contributed by atoms with Crippen LogP contribution in [0.3, 0.4) is 0 Å². The van der Waals surface area contributed by atoms with E-state index < -0.39 is 0 Å². The van der Waals surface area contributed by atoms with Crippen LogP contribution in [0.5, 0.6) is 5.75 Å². The lowest BCUT2D eigenvalue weighted by Crippen LogP contribution is -2.42. The molecule has 2 amide bonds. The summed E-state index contributed by atoms with van der Waals surface area (Å²) in [5.41, 5.74) is 3.55. The quantitative estimate of drug-likeness (QED) is 0.395. The summed E-state index contributed by atoms with van der Waals surface area (Å²) in [6, 6.07) is 8.08. The number of likely N-dealkylation sites (tertiary alicyclic amines) is 1. The number of nitrogens with one attached hydrogen (secondary N) is 1. The van der Waals surface area contributed by atoms with Gasteiger partial charge in [0.1, 0.15) is 11.9 Å². The number of piperidine rings is 2. The Morgan fingerprint density at radius 2 is 1.89 bits per heavy atom. The van der Waals surface area contributed by atoms with E-state index in [1.165, 1.54) is 4.90 Å². The van der Waals surface area contributed by atoms with Gasteiger partial charge in [-0.25, -0.2) is 0 Å². The Bertz CT molecular complexity index is 1400. The summed E-state index contributed by atoms with van der Waals surface area (Å²) < 4.78 is 7.59. The van der Waals surface area contributed by atoms with Crippen molar-refractivity contribution < 1.29 is 14.3 Å². The number of aromatic nitrogens is 1. The Morgan fingerprint density at radius 3 is 2.57 bits per heavy atom. The summed E-state index contributed by atoms with van der Waals surface area (Å²) in [6.45, 7) is 11.0. The number of hydrogen-bond donors (Lipinski definition) is 1. The zero-order valence-corrected chi connectivity index (χ0v) is 23.4. The standard InChI is InChI=1S/C29H32ClN3O3S/c1-14-10-17(30)11-20(25(14)36-18-7-6-15(2)32-13-18)19-8-9-31-21-12-22(37-26(19)21)16(3)33-27(34)23-24(28(33)35)29(23,4)5/h8-12,15-16,18,23-24,32H,6-7,13H2,1-5H3. The van der Waals surface area contributed by atoms with Gasteiger partial charge < -0.3 is 10.1 Å². The van der Waals surface area contributed by atoms with Crippen LogP contribution < -0.4 is 10.1 Å². The molecule has 1 N–H and O–H groups in total. The van der Waals surface area contributed by atoms with Crippen LogP contribution in [0.2, 0.25) is 5.02 Å². The van der Waals surface area contributed by atoms with E-state index in [-0.39, 0.29) is 41.2 Å². The van der Waals surface area contributed by atoms with Crippen LogP contribution >= 0.6 is 22.9 Å². The number of hydrogen-bond acceptors (Lipinski definition) is 6. The number of fused-ring (bicyclic) bond motifs is 2. The molecule has 6 nitrogen and oxygen atoms in total. The lowest BCUT2D eigenvalue weighted by molar-refractivity contribution is -0.145. The fraction of sp³-hybridized carbons (Fsp3) is 0.483. The third-order valence-corrected chi connectivity index (χ3v) is 10.0. The third kappa shape index (κ3) is 3.98. The third-order valence-electron chi connectivity index (χ3n) is 8.49. The van der Waals surface area contributed by atoms with E-state index >= 15 is 0 Å². The maximum absolute atomic E-state index is 13.1. The van der Waals surface area contributed by atoms with Gasteiger partial charge >= 0.3 is 0 Å². The topological polar surface area (TPSA) is 71.5 Å². The number of halogens is 1. The highest BCUT2D eigenvalue weighted by atomic mass is 35.5. The number of ether oxygens (including phenoxy) is 1. The van der Waals surface area contributed by atoms with Gasteiger partial charge in [-0.15, -0.1) is 11.3 Å². The van der Waals surface area contributed by atoms with E-state index in [2.05, 4.69) is 17.2 Å². The minimum absolute atomic E-state index is 0.0466. The summed E-state index contributed by atoms with van der Waals surface area (Å²) in [4.78, 5) is 33.2. The van der Waals surface area contributed by atoms with Gasteiger partial charge in [0, 0.05) is 39.8 Å². The van der Waals surface area contributed by atoms with Crippen molar-refractivity contribution in [2.75, 3.05) is 6.54 Å². The molecule has 1 aromatic carbocycles. The molecule has 0 radical (unpaired) electrons. The van der Waals surface area contributed by atoms with Crippen molar-refractivity contribution in [2.45, 2.75) is 65.6 Å². The summed E-state index contributed by atoms with van der Waals surface area (Å²) in [5.74, 6) is 0.381. The number of imide groups is 1. The first-order valence-corrected chi connectivity index (χ1v) is 14.2. The van der Waals surface area contributed by atoms with Crippen molar-refractivity contribution in [3.8, 4) is 16.9 Å². The molecule has 3 fully saturated rings. The first-order valence-electron chi connectivity index (χ1n) is 13.0. The van der Waals surface area contributed by atoms with Gasteiger partial charge in [-0.2, -0.15) is 0 Å². The number of thiophene rings is 1. The first-order chi connectivity index (χ1) is 17.6. The van der Waals surface area contributed by atoms with Gasteiger partial charge in [0.2, 0.25) is 11.8 Å². The van der Waals surface area contributed by atoms with Gasteiger partial charge in [-0.3, -0.25) is 19.5 Å². The fourth-order valence-corrected chi connectivity index (χ4v) is 7.64. The molecule has 4 heterocycles. The largest absolute Gasteiger partial charge is 0.488 e. The predicted octanol–water partition coefficient (Wildman–Crippen LogP) is 6.15. The first kappa shape index (κ1) is 24.8. The molecule has 194 valence electrons. The van der Waals surface area contributed by atoms with Gasteiger partial charge in [0.15, 0.2) is 0 Å². The molecular formula is C29H32ClN3O3S. The van der Waals surface area contributed by atoms with Crippen LogP contribution in [0.1, 0.15) is 57.0 Å². The van der Waals surface area contributed by atoms with E-state index in [1.54, 1.807) is 17.5 Å². The van der Waals surface area contributed by atoms with Crippen LogP contribution in [0.15, 0.2) is 30.5 Å². The summed E-state index contributed by atoms with van der Waals surface area (Å²) in [6.07, 6.45) is 3.96. The fourth-order valence-electron chi connectivity index (χ4n) is 6.18. The molecular weight excluding hydrogens is 506 g/mol. The number of aryl methyl sites for hydroxylation is 1. The van der Waals surface area contributed by atoms with Crippen molar-refractivity contribution in [2.24, 2.45) is 17.3 Å². The van der Waals surface area contributed by atoms with Crippen LogP contribution in [0.4, 0.5) is 0 Å². The summed E-state index contributed by atoms with van der Waals surface area (Å²) in [5, 5.41) is 4.17. The van der Waals surface area contributed by atoms with Gasteiger partial charge in [-0.1, -0.05) is 25.4 Å². The normalized spacial score (nSPS) is 27.5. The number of benzene rings is 1. The Hall–Kier alpha value is -2.48. The Labute approximate surface area is 226 Å². The highest BCUT2D eigenvalue weighted by Gasteiger charge is 2.73. The zero-order chi connectivity index (χ0) is 26.2. The van der Waals surface area contributed by atoms with Crippen LogP contribution in [-0.4, -0.2) is 40.4 Å². The Morgan fingerprint density at radius 1 is 1.16 bits per heavy atom. The molecule has 2 aliphatic heterocycles. The second-order valence-electron chi connectivity index (χ2n) is 11.4. The molecule has 0 bridgehead atoms. The van der Waals surface area contributed by atoms with Crippen molar-refractivity contribution in [3.63, 3.8) is 0 Å². The van der Waals surface area contributed by atoms with Crippen LogP contribution in [-0.2, 0) is 9.59 Å². The maximum Gasteiger partial charge on any atom is 0.234 e. The predicted molar refractivity (Wildman–Crippen MR) is 147 cm³/mol. The average Bonchev–Trinajstić information content (AvgIpc) is 3.11. The number of carbonyl (C=O) groups excluding carboxylic acids is 2. The average molecular weight is 538 g/mol. The molecule has 2 saturated heterocycles. The van der Waals surface area contributed by atoms with E-state index in [0.717, 1.165) is 56.9 Å². The lowest BCUT2D eigenvalue weighted by atomic mass is 10.0. The van der Waals surface area contributed by atoms with E-state index in [4.69, 9.17) is 16.3 Å². The van der Waals surface area contributed by atoms with Crippen LogP contribution in [0, 0.1) is 24.2 Å². The number of amides is 2. The number of carbonyl (C=O) groups is 2. The molecule has 1 aliphatic carbocycles. The molecule has 1 saturated carbocycles. The Kier molecular flexibility index (Phi) is 5.90. The van der Waals surface area contributed by atoms with Crippen LogP contribution in [0.25, 0.3) is 21.3 Å². The van der Waals surface area contributed by atoms with Gasteiger partial charge in [0.05, 0.1) is 28.1 Å².